The van der Waals surface area contributed by atoms with Gasteiger partial charge in [0.05, 0.1) is 12.2 Å². The van der Waals surface area contributed by atoms with Crippen LogP contribution in [0.1, 0.15) is 11.3 Å². The molecule has 0 aliphatic rings. The molecule has 0 fully saturated rings. The van der Waals surface area contributed by atoms with Crippen molar-refractivity contribution in [1.82, 2.24) is 19.3 Å². The van der Waals surface area contributed by atoms with Crippen molar-refractivity contribution in [3.05, 3.63) is 45.4 Å². The van der Waals surface area contributed by atoms with Gasteiger partial charge in [0.15, 0.2) is 0 Å². The van der Waals surface area contributed by atoms with E-state index in [1.54, 1.807) is 24.0 Å². The first-order valence-corrected chi connectivity index (χ1v) is 5.17. The van der Waals surface area contributed by atoms with Crippen molar-refractivity contribution >= 4 is 11.6 Å². The SMILES string of the molecule is Cc1nn(C)c(Cl)c1Cn1cccnc1=O. The van der Waals surface area contributed by atoms with Crippen LogP contribution in [0.2, 0.25) is 5.15 Å². The second kappa shape index (κ2) is 4.09. The van der Waals surface area contributed by atoms with Crippen LogP contribution in [0.4, 0.5) is 0 Å². The summed E-state index contributed by atoms with van der Waals surface area (Å²) in [7, 11) is 1.77. The van der Waals surface area contributed by atoms with Gasteiger partial charge in [-0.25, -0.2) is 9.78 Å². The van der Waals surface area contributed by atoms with E-state index in [0.717, 1.165) is 11.3 Å². The Labute approximate surface area is 97.3 Å². The van der Waals surface area contributed by atoms with Crippen molar-refractivity contribution in [2.45, 2.75) is 13.5 Å². The molecule has 0 amide bonds. The van der Waals surface area contributed by atoms with Gasteiger partial charge in [-0.2, -0.15) is 5.10 Å². The molecule has 2 rings (SSSR count). The standard InChI is InChI=1S/C10H11ClN4O/c1-7-8(9(11)14(2)13-7)6-15-5-3-4-12-10(15)16/h3-5H,6H2,1-2H3. The third-order valence-electron chi connectivity index (χ3n) is 2.38. The van der Waals surface area contributed by atoms with Crippen LogP contribution in [0.25, 0.3) is 0 Å². The Balaban J connectivity index is 2.42. The van der Waals surface area contributed by atoms with E-state index in [-0.39, 0.29) is 5.69 Å². The lowest BCUT2D eigenvalue weighted by molar-refractivity contribution is 0.723. The first-order valence-electron chi connectivity index (χ1n) is 4.79. The van der Waals surface area contributed by atoms with Crippen LogP contribution in [-0.4, -0.2) is 19.3 Å². The topological polar surface area (TPSA) is 52.7 Å². The molecule has 5 nitrogen and oxygen atoms in total. The molecule has 84 valence electrons. The summed E-state index contributed by atoms with van der Waals surface area (Å²) in [5, 5.41) is 4.73. The minimum Gasteiger partial charge on any atom is -0.295 e. The predicted octanol–water partition coefficient (Wildman–Crippen LogP) is 0.987. The van der Waals surface area contributed by atoms with Gasteiger partial charge in [-0.1, -0.05) is 11.6 Å². The molecule has 0 aliphatic heterocycles. The summed E-state index contributed by atoms with van der Waals surface area (Å²) in [6.45, 7) is 2.26. The number of aryl methyl sites for hydroxylation is 2. The molecular formula is C10H11ClN4O. The van der Waals surface area contributed by atoms with Gasteiger partial charge < -0.3 is 0 Å². The Kier molecular flexibility index (Phi) is 2.78. The first-order chi connectivity index (χ1) is 7.59. The van der Waals surface area contributed by atoms with Crippen LogP contribution in [0, 0.1) is 6.92 Å². The van der Waals surface area contributed by atoms with Gasteiger partial charge in [-0.15, -0.1) is 0 Å². The molecule has 0 aromatic carbocycles. The highest BCUT2D eigenvalue weighted by Crippen LogP contribution is 2.18. The molecular weight excluding hydrogens is 228 g/mol. The van der Waals surface area contributed by atoms with E-state index in [0.29, 0.717) is 11.7 Å². The molecule has 0 N–H and O–H groups in total. The van der Waals surface area contributed by atoms with Crippen LogP contribution >= 0.6 is 11.6 Å². The number of hydrogen-bond acceptors (Lipinski definition) is 3. The van der Waals surface area contributed by atoms with Crippen molar-refractivity contribution in [2.75, 3.05) is 0 Å². The molecule has 0 spiro atoms. The summed E-state index contributed by atoms with van der Waals surface area (Å²) in [4.78, 5) is 15.1. The van der Waals surface area contributed by atoms with Gasteiger partial charge in [0.25, 0.3) is 0 Å². The molecule has 0 aliphatic carbocycles. The molecule has 0 atom stereocenters. The Hall–Kier alpha value is -1.62. The third-order valence-corrected chi connectivity index (χ3v) is 2.85. The number of aromatic nitrogens is 4. The highest BCUT2D eigenvalue weighted by Gasteiger charge is 2.11. The number of nitrogens with zero attached hydrogens (tertiary/aromatic N) is 4. The zero-order valence-electron chi connectivity index (χ0n) is 9.01. The summed E-state index contributed by atoms with van der Waals surface area (Å²) in [6, 6.07) is 1.71. The van der Waals surface area contributed by atoms with Crippen LogP contribution in [0.3, 0.4) is 0 Å². The summed E-state index contributed by atoms with van der Waals surface area (Å²) < 4.78 is 3.09. The summed E-state index contributed by atoms with van der Waals surface area (Å²) in [6.07, 6.45) is 3.15. The molecule has 0 bridgehead atoms. The number of hydrogen-bond donors (Lipinski definition) is 0. The fourth-order valence-corrected chi connectivity index (χ4v) is 1.77. The molecule has 0 unspecified atom stereocenters. The van der Waals surface area contributed by atoms with E-state index in [2.05, 4.69) is 10.1 Å². The minimum absolute atomic E-state index is 0.290. The third kappa shape index (κ3) is 1.86. The van der Waals surface area contributed by atoms with E-state index < -0.39 is 0 Å². The molecule has 2 aromatic rings. The lowest BCUT2D eigenvalue weighted by Crippen LogP contribution is -2.22. The molecule has 2 aromatic heterocycles. The van der Waals surface area contributed by atoms with Gasteiger partial charge in [0.1, 0.15) is 5.15 Å². The van der Waals surface area contributed by atoms with Gasteiger partial charge in [0, 0.05) is 25.0 Å². The normalized spacial score (nSPS) is 10.7. The lowest BCUT2D eigenvalue weighted by atomic mass is 10.2. The molecule has 16 heavy (non-hydrogen) atoms. The molecule has 6 heteroatoms. The average molecular weight is 239 g/mol. The van der Waals surface area contributed by atoms with Crippen LogP contribution in [0.15, 0.2) is 23.3 Å². The zero-order valence-corrected chi connectivity index (χ0v) is 9.77. The van der Waals surface area contributed by atoms with E-state index >= 15 is 0 Å². The Morgan fingerprint density at radius 3 is 2.81 bits per heavy atom. The maximum absolute atomic E-state index is 11.4. The lowest BCUT2D eigenvalue weighted by Gasteiger charge is -2.03. The fourth-order valence-electron chi connectivity index (χ4n) is 1.53. The number of rotatable bonds is 2. The Bertz CT molecular complexity index is 572. The average Bonchev–Trinajstić information content (AvgIpc) is 2.48. The smallest absolute Gasteiger partial charge is 0.295 e. The fraction of sp³-hybridized carbons (Fsp3) is 0.300. The van der Waals surface area contributed by atoms with Gasteiger partial charge in [-0.05, 0) is 13.0 Å². The van der Waals surface area contributed by atoms with Gasteiger partial charge in [0.2, 0.25) is 0 Å². The van der Waals surface area contributed by atoms with Crippen LogP contribution in [-0.2, 0) is 13.6 Å². The molecule has 0 saturated carbocycles. The highest BCUT2D eigenvalue weighted by atomic mass is 35.5. The van der Waals surface area contributed by atoms with E-state index in [1.807, 2.05) is 6.92 Å². The van der Waals surface area contributed by atoms with E-state index in [4.69, 9.17) is 11.6 Å². The van der Waals surface area contributed by atoms with Crippen molar-refractivity contribution in [2.24, 2.45) is 7.05 Å². The summed E-state index contributed by atoms with van der Waals surface area (Å²) in [5.74, 6) is 0. The maximum atomic E-state index is 11.4. The van der Waals surface area contributed by atoms with Crippen molar-refractivity contribution < 1.29 is 0 Å². The van der Waals surface area contributed by atoms with Crippen molar-refractivity contribution in [1.29, 1.82) is 0 Å². The zero-order chi connectivity index (χ0) is 11.7. The molecule has 2 heterocycles. The van der Waals surface area contributed by atoms with Gasteiger partial charge in [-0.3, -0.25) is 9.25 Å². The maximum Gasteiger partial charge on any atom is 0.347 e. The molecule has 0 radical (unpaired) electrons. The van der Waals surface area contributed by atoms with E-state index in [9.17, 15) is 4.79 Å². The minimum atomic E-state index is -0.290. The van der Waals surface area contributed by atoms with Gasteiger partial charge >= 0.3 is 5.69 Å². The second-order valence-corrected chi connectivity index (χ2v) is 3.87. The predicted molar refractivity (Wildman–Crippen MR) is 60.6 cm³/mol. The largest absolute Gasteiger partial charge is 0.347 e. The highest BCUT2D eigenvalue weighted by molar-refractivity contribution is 6.30. The van der Waals surface area contributed by atoms with E-state index in [1.165, 1.54) is 10.8 Å². The Morgan fingerprint density at radius 1 is 1.50 bits per heavy atom. The van der Waals surface area contributed by atoms with Crippen LogP contribution < -0.4 is 5.69 Å². The molecule has 0 saturated heterocycles. The van der Waals surface area contributed by atoms with Crippen molar-refractivity contribution in [3.8, 4) is 0 Å². The monoisotopic (exact) mass is 238 g/mol. The summed E-state index contributed by atoms with van der Waals surface area (Å²) in [5.41, 5.74) is 1.38. The quantitative estimate of drug-likeness (QED) is 0.784. The first kappa shape index (κ1) is 10.9. The second-order valence-electron chi connectivity index (χ2n) is 3.51. The van der Waals surface area contributed by atoms with Crippen molar-refractivity contribution in [3.63, 3.8) is 0 Å². The van der Waals surface area contributed by atoms with Crippen LogP contribution in [0.5, 0.6) is 0 Å². The Morgan fingerprint density at radius 2 is 2.25 bits per heavy atom. The number of halogens is 1. The summed E-state index contributed by atoms with van der Waals surface area (Å²) >= 11 is 6.08.